The molecule has 2 saturated carbocycles. The van der Waals surface area contributed by atoms with Crippen LogP contribution in [0.2, 0.25) is 0 Å². The number of benzene rings is 3. The van der Waals surface area contributed by atoms with Gasteiger partial charge in [-0.2, -0.15) is 0 Å². The van der Waals surface area contributed by atoms with Crippen LogP contribution in [0, 0.1) is 57.7 Å². The first-order valence-electron chi connectivity index (χ1n) is 30.9. The molecule has 18 aliphatic rings. The zero-order valence-electron chi connectivity index (χ0n) is 45.4. The van der Waals surface area contributed by atoms with E-state index in [1.165, 1.54) is 89.5 Å². The van der Waals surface area contributed by atoms with Gasteiger partial charge in [0.15, 0.2) is 11.4 Å². The summed E-state index contributed by atoms with van der Waals surface area (Å²) in [7, 11) is 0. The molecule has 3 N–H and O–H groups in total. The smallest absolute Gasteiger partial charge is 0.339 e. The molecule has 5 fully saturated rings. The Labute approximate surface area is 455 Å². The summed E-state index contributed by atoms with van der Waals surface area (Å²) >= 11 is 0. The van der Waals surface area contributed by atoms with E-state index in [4.69, 9.17) is 15.2 Å². The molecule has 0 amide bonds. The topological polar surface area (TPSA) is 105 Å². The number of fused-ring (bicyclic) bond motifs is 6. The summed E-state index contributed by atoms with van der Waals surface area (Å²) in [6, 6.07) is 21.9. The molecule has 20 bridgehead atoms. The predicted octanol–water partition coefficient (Wildman–Crippen LogP) is 12.3. The maximum Gasteiger partial charge on any atom is 0.339 e. The molecule has 398 valence electrons. The average molecular weight is 1030 g/mol. The first-order chi connectivity index (χ1) is 37.6. The Bertz CT molecular complexity index is 3280. The fourth-order valence-electron chi connectivity index (χ4n) is 21.7. The van der Waals surface area contributed by atoms with Crippen molar-refractivity contribution in [3.05, 3.63) is 156 Å². The number of esters is 2. The lowest BCUT2D eigenvalue weighted by Gasteiger charge is -2.71. The number of rotatable bonds is 5. The van der Waals surface area contributed by atoms with Crippen molar-refractivity contribution in [1.82, 2.24) is 9.80 Å². The highest BCUT2D eigenvalue weighted by Crippen LogP contribution is 2.87. The van der Waals surface area contributed by atoms with E-state index in [1.54, 1.807) is 11.3 Å². The molecule has 11 aliphatic heterocycles. The molecule has 4 spiro atoms. The van der Waals surface area contributed by atoms with E-state index in [0.29, 0.717) is 67.3 Å². The van der Waals surface area contributed by atoms with Crippen LogP contribution in [0.25, 0.3) is 6.08 Å². The molecule has 77 heavy (non-hydrogen) atoms. The molecule has 13 unspecified atom stereocenters. The van der Waals surface area contributed by atoms with Crippen molar-refractivity contribution >= 4 is 18.0 Å². The maximum absolute atomic E-state index is 16.7. The van der Waals surface area contributed by atoms with Crippen LogP contribution in [0.3, 0.4) is 0 Å². The molecule has 7 aliphatic carbocycles. The molecule has 21 rings (SSSR count). The lowest BCUT2D eigenvalue weighted by molar-refractivity contribution is -0.277. The quantitative estimate of drug-likeness (QED) is 0.244. The Morgan fingerprint density at radius 1 is 0.896 bits per heavy atom. The highest BCUT2D eigenvalue weighted by Gasteiger charge is 2.93. The average Bonchev–Trinajstić information content (AvgIpc) is 1.63. The highest BCUT2D eigenvalue weighted by atomic mass is 16.6. The number of ether oxygens (including phenoxy) is 2. The number of aliphatic hydroxyl groups excluding tert-OH is 1. The van der Waals surface area contributed by atoms with Gasteiger partial charge in [-0.05, 0) is 177 Å². The van der Waals surface area contributed by atoms with Gasteiger partial charge in [0.2, 0.25) is 0 Å². The minimum atomic E-state index is -1.23. The molecule has 0 aromatic heterocycles. The largest absolute Gasteiger partial charge is 0.509 e. The minimum Gasteiger partial charge on any atom is -0.509 e. The normalized spacial score (nSPS) is 39.4. The Balaban J connectivity index is 0.993. The number of nitrogens with two attached hydrogens (primary N) is 1. The molecular formula is C69H77N3O5. The van der Waals surface area contributed by atoms with Crippen molar-refractivity contribution in [2.75, 3.05) is 26.2 Å². The standard InChI is InChI=1S/C69H77N3O5/c1-39-25-47-19-21-56-50-35-66-34-43-14-12-41(13-15-43)26-44-27-46-18-16-42-17-20-52(46)48(28-44)31-49-32-55-53(61(59(39)49)62(47)72(56)38-66)22-23-67-63(57(73)33-51(71(36-50)37-66)29-40-7-3-2-4-8-40)76-65(75)68(55,67)58(30-42)69(67)54-11-5-9-45(10-6-24-70)60(54)64(74)77-69/h5,9,11-15,17,20,27-28,32,39-40,42,50-51,56,58-59,61,73H,2-4,6-8,10,16,18-19,21-26,29-31,33-38,70H2,1H3. The Kier molecular flexibility index (Phi) is 9.98. The molecule has 11 heterocycles. The van der Waals surface area contributed by atoms with Crippen LogP contribution in [-0.2, 0) is 52.0 Å². The van der Waals surface area contributed by atoms with E-state index >= 15 is 9.59 Å². The van der Waals surface area contributed by atoms with Gasteiger partial charge in [-0.1, -0.05) is 129 Å². The first-order valence-corrected chi connectivity index (χ1v) is 30.9. The van der Waals surface area contributed by atoms with E-state index in [-0.39, 0.29) is 46.9 Å². The zero-order chi connectivity index (χ0) is 51.3. The third kappa shape index (κ3) is 6.08. The number of carbonyl (C=O) groups excluding carboxylic acids is 2. The molecule has 13 atom stereocenters. The van der Waals surface area contributed by atoms with E-state index in [0.717, 1.165) is 101 Å². The van der Waals surface area contributed by atoms with Gasteiger partial charge in [0.25, 0.3) is 0 Å². The third-order valence-corrected chi connectivity index (χ3v) is 24.2. The first kappa shape index (κ1) is 46.7. The fourth-order valence-corrected chi connectivity index (χ4v) is 21.7. The summed E-state index contributed by atoms with van der Waals surface area (Å²) in [4.78, 5) is 38.1. The van der Waals surface area contributed by atoms with Crippen LogP contribution >= 0.6 is 0 Å². The van der Waals surface area contributed by atoms with Gasteiger partial charge in [0, 0.05) is 66.7 Å². The number of hydrogen-bond acceptors (Lipinski definition) is 8. The van der Waals surface area contributed by atoms with Gasteiger partial charge in [-0.3, -0.25) is 9.69 Å². The second-order valence-corrected chi connectivity index (χ2v) is 27.9. The molecule has 8 heteroatoms. The van der Waals surface area contributed by atoms with Crippen molar-refractivity contribution in [1.29, 1.82) is 0 Å². The van der Waals surface area contributed by atoms with Crippen LogP contribution in [0.5, 0.6) is 0 Å². The van der Waals surface area contributed by atoms with Crippen molar-refractivity contribution in [2.45, 2.75) is 159 Å². The van der Waals surface area contributed by atoms with Gasteiger partial charge in [0.05, 0.1) is 11.0 Å². The second-order valence-electron chi connectivity index (χ2n) is 27.9. The molecule has 3 saturated heterocycles. The number of allylic oxidation sites excluding steroid dienone is 5. The summed E-state index contributed by atoms with van der Waals surface area (Å²) in [6.45, 7) is 6.16. The van der Waals surface area contributed by atoms with Crippen LogP contribution in [0.15, 0.2) is 106 Å². The van der Waals surface area contributed by atoms with E-state index in [9.17, 15) is 5.11 Å². The summed E-state index contributed by atoms with van der Waals surface area (Å²) in [5.41, 5.74) is 21.0. The van der Waals surface area contributed by atoms with Gasteiger partial charge in [-0.25, -0.2) is 4.79 Å². The Morgan fingerprint density at radius 3 is 2.62 bits per heavy atom. The van der Waals surface area contributed by atoms with Gasteiger partial charge in [0.1, 0.15) is 11.2 Å². The number of nitrogens with zero attached hydrogens (tertiary/aromatic N) is 2. The third-order valence-electron chi connectivity index (χ3n) is 24.2. The van der Waals surface area contributed by atoms with Crippen molar-refractivity contribution in [2.24, 2.45) is 63.4 Å². The summed E-state index contributed by atoms with van der Waals surface area (Å²) < 4.78 is 14.7. The van der Waals surface area contributed by atoms with Crippen LogP contribution in [0.1, 0.15) is 165 Å². The SMILES string of the molecule is CC1CC2=C3C4C5=C6C=C(Cc7cc8cc9c7C=CC(CC9)CC7C69C(=O)OC(=C(O)CC(CC6CCCCC6)N6CC%10CC(Cc%11ccc(cc%11)C8)(C6)CN3C%10CC2)C9(CC5)C72OC(=O)c3c(CCCN)cccc32)C14. The Hall–Kier alpha value is -5.18. The molecule has 0 radical (unpaired) electrons. The maximum atomic E-state index is 16.7. The van der Waals surface area contributed by atoms with E-state index in [1.807, 2.05) is 0 Å². The lowest BCUT2D eigenvalue weighted by Crippen LogP contribution is -2.77. The van der Waals surface area contributed by atoms with Crippen molar-refractivity contribution in [3.63, 3.8) is 0 Å². The van der Waals surface area contributed by atoms with Gasteiger partial charge >= 0.3 is 11.9 Å². The van der Waals surface area contributed by atoms with Crippen LogP contribution in [0.4, 0.5) is 0 Å². The van der Waals surface area contributed by atoms with Crippen LogP contribution < -0.4 is 5.73 Å². The molecule has 8 nitrogen and oxygen atoms in total. The number of hydrogen-bond donors (Lipinski definition) is 2. The second kappa shape index (κ2) is 16.5. The van der Waals surface area contributed by atoms with E-state index < -0.39 is 22.3 Å². The minimum absolute atomic E-state index is 0.0194. The molecular weight excluding hydrogens is 951 g/mol. The monoisotopic (exact) mass is 1030 g/mol. The van der Waals surface area contributed by atoms with Crippen molar-refractivity contribution < 1.29 is 24.2 Å². The molecule has 3 aromatic rings. The number of aliphatic hydroxyl groups is 1. The van der Waals surface area contributed by atoms with Crippen LogP contribution in [-0.4, -0.2) is 65.1 Å². The lowest BCUT2D eigenvalue weighted by atomic mass is 9.28. The molecule has 3 aromatic carbocycles. The van der Waals surface area contributed by atoms with Crippen molar-refractivity contribution in [3.8, 4) is 0 Å². The van der Waals surface area contributed by atoms with Gasteiger partial charge < -0.3 is 25.2 Å². The fraction of sp³-hybridized carbons (Fsp3) is 0.565. The number of aryl methyl sites for hydroxylation is 2. The van der Waals surface area contributed by atoms with Gasteiger partial charge in [-0.15, -0.1) is 0 Å². The number of carbonyl (C=O) groups is 2. The Morgan fingerprint density at radius 2 is 1.75 bits per heavy atom. The summed E-state index contributed by atoms with van der Waals surface area (Å²) in [5.74, 6) is 1.76. The summed E-state index contributed by atoms with van der Waals surface area (Å²) in [6.07, 6.45) is 28.1. The summed E-state index contributed by atoms with van der Waals surface area (Å²) in [5, 5.41) is 13.8. The number of piperidine rings is 2. The predicted molar refractivity (Wildman–Crippen MR) is 297 cm³/mol. The zero-order valence-corrected chi connectivity index (χ0v) is 45.4. The highest BCUT2D eigenvalue weighted by molar-refractivity contribution is 6.00. The van der Waals surface area contributed by atoms with E-state index in [2.05, 4.69) is 89.5 Å².